The van der Waals surface area contributed by atoms with Gasteiger partial charge in [0, 0.05) is 38.5 Å². The quantitative estimate of drug-likeness (QED) is 0.811. The van der Waals surface area contributed by atoms with Gasteiger partial charge in [0.1, 0.15) is 5.82 Å². The first-order valence-corrected chi connectivity index (χ1v) is 8.49. The zero-order valence-electron chi connectivity index (χ0n) is 14.1. The number of allylic oxidation sites excluding steroid dienone is 1. The molecule has 124 valence electrons. The second-order valence-electron chi connectivity index (χ2n) is 5.89. The number of aromatic nitrogens is 1. The molecule has 24 heavy (non-hydrogen) atoms. The molecule has 1 fully saturated rings. The highest BCUT2D eigenvalue weighted by atomic mass is 16.2. The Hall–Kier alpha value is -2.62. The summed E-state index contributed by atoms with van der Waals surface area (Å²) in [6.07, 6.45) is 4.46. The molecular formula is C20H23N3O. The number of rotatable bonds is 4. The Kier molecular flexibility index (Phi) is 5.26. The normalized spacial score (nSPS) is 15.5. The van der Waals surface area contributed by atoms with E-state index in [4.69, 9.17) is 0 Å². The van der Waals surface area contributed by atoms with Crippen LogP contribution in [0.5, 0.6) is 0 Å². The van der Waals surface area contributed by atoms with Crippen molar-refractivity contribution < 1.29 is 4.79 Å². The Bertz CT molecular complexity index is 689. The Labute approximate surface area is 143 Å². The van der Waals surface area contributed by atoms with E-state index in [1.54, 1.807) is 6.08 Å². The third kappa shape index (κ3) is 3.82. The first-order valence-electron chi connectivity index (χ1n) is 8.49. The second-order valence-corrected chi connectivity index (χ2v) is 5.89. The van der Waals surface area contributed by atoms with Crippen molar-refractivity contribution >= 4 is 17.3 Å². The predicted octanol–water partition coefficient (Wildman–Crippen LogP) is 3.22. The SMILES string of the molecule is CC/C(=C\C(=O)N1CCN(c2ccccn2)CC1)c1ccccc1. The van der Waals surface area contributed by atoms with Gasteiger partial charge in [-0.1, -0.05) is 43.3 Å². The molecule has 1 aromatic heterocycles. The van der Waals surface area contributed by atoms with Crippen molar-refractivity contribution in [2.24, 2.45) is 0 Å². The van der Waals surface area contributed by atoms with Gasteiger partial charge in [0.2, 0.25) is 5.91 Å². The van der Waals surface area contributed by atoms with Crippen molar-refractivity contribution in [1.82, 2.24) is 9.88 Å². The average molecular weight is 321 g/mol. The number of nitrogens with zero attached hydrogens (tertiary/aromatic N) is 3. The fourth-order valence-electron chi connectivity index (χ4n) is 2.98. The van der Waals surface area contributed by atoms with E-state index in [0.29, 0.717) is 0 Å². The van der Waals surface area contributed by atoms with E-state index in [9.17, 15) is 4.79 Å². The molecular weight excluding hydrogens is 298 g/mol. The van der Waals surface area contributed by atoms with Crippen molar-refractivity contribution in [3.05, 3.63) is 66.4 Å². The number of anilines is 1. The molecule has 4 nitrogen and oxygen atoms in total. The van der Waals surface area contributed by atoms with Crippen LogP contribution in [0.1, 0.15) is 18.9 Å². The van der Waals surface area contributed by atoms with Gasteiger partial charge >= 0.3 is 0 Å². The summed E-state index contributed by atoms with van der Waals surface area (Å²) in [7, 11) is 0. The fourth-order valence-corrected chi connectivity index (χ4v) is 2.98. The summed E-state index contributed by atoms with van der Waals surface area (Å²) in [5.74, 6) is 1.09. The highest BCUT2D eigenvalue weighted by Gasteiger charge is 2.20. The molecule has 1 aromatic carbocycles. The van der Waals surface area contributed by atoms with Gasteiger partial charge in [0.25, 0.3) is 0 Å². The van der Waals surface area contributed by atoms with Crippen molar-refractivity contribution in [3.8, 4) is 0 Å². The van der Waals surface area contributed by atoms with Crippen LogP contribution in [0.15, 0.2) is 60.8 Å². The van der Waals surface area contributed by atoms with Crippen LogP contribution in [0.3, 0.4) is 0 Å². The molecule has 0 saturated carbocycles. The van der Waals surface area contributed by atoms with E-state index >= 15 is 0 Å². The highest BCUT2D eigenvalue weighted by molar-refractivity contribution is 5.95. The van der Waals surface area contributed by atoms with Crippen LogP contribution in [-0.4, -0.2) is 42.0 Å². The highest BCUT2D eigenvalue weighted by Crippen LogP contribution is 2.19. The number of carbonyl (C=O) groups is 1. The summed E-state index contributed by atoms with van der Waals surface area (Å²) in [5.41, 5.74) is 2.22. The van der Waals surface area contributed by atoms with Gasteiger partial charge in [-0.05, 0) is 29.7 Å². The van der Waals surface area contributed by atoms with Crippen molar-refractivity contribution in [2.45, 2.75) is 13.3 Å². The predicted molar refractivity (Wildman–Crippen MR) is 97.7 cm³/mol. The summed E-state index contributed by atoms with van der Waals surface area (Å²) < 4.78 is 0. The molecule has 4 heteroatoms. The second kappa shape index (κ2) is 7.77. The molecule has 0 spiro atoms. The lowest BCUT2D eigenvalue weighted by Crippen LogP contribution is -2.48. The monoisotopic (exact) mass is 321 g/mol. The maximum Gasteiger partial charge on any atom is 0.246 e. The van der Waals surface area contributed by atoms with Gasteiger partial charge in [-0.25, -0.2) is 4.98 Å². The van der Waals surface area contributed by atoms with E-state index in [-0.39, 0.29) is 5.91 Å². The van der Waals surface area contributed by atoms with Crippen LogP contribution in [0.2, 0.25) is 0 Å². The Balaban J connectivity index is 1.63. The Morgan fingerprint density at radius 2 is 1.75 bits per heavy atom. The van der Waals surface area contributed by atoms with Gasteiger partial charge < -0.3 is 9.80 Å². The van der Waals surface area contributed by atoms with E-state index in [0.717, 1.165) is 49.6 Å². The number of amides is 1. The van der Waals surface area contributed by atoms with Crippen LogP contribution in [0.25, 0.3) is 5.57 Å². The van der Waals surface area contributed by atoms with Crippen molar-refractivity contribution in [1.29, 1.82) is 0 Å². The Morgan fingerprint density at radius 3 is 2.38 bits per heavy atom. The first kappa shape index (κ1) is 16.2. The topological polar surface area (TPSA) is 36.4 Å². The summed E-state index contributed by atoms with van der Waals surface area (Å²) in [4.78, 5) is 21.1. The maximum absolute atomic E-state index is 12.6. The Morgan fingerprint density at radius 1 is 1.04 bits per heavy atom. The molecule has 2 heterocycles. The third-order valence-corrected chi connectivity index (χ3v) is 4.39. The first-order chi connectivity index (χ1) is 11.8. The lowest BCUT2D eigenvalue weighted by atomic mass is 10.0. The number of hydrogen-bond acceptors (Lipinski definition) is 3. The summed E-state index contributed by atoms with van der Waals surface area (Å²) in [6.45, 7) is 5.20. The standard InChI is InChI=1S/C20H23N3O/c1-2-17(18-8-4-3-5-9-18)16-20(24)23-14-12-22(13-15-23)19-10-6-7-11-21-19/h3-11,16H,2,12-15H2,1H3/b17-16+. The number of piperazine rings is 1. The van der Waals surface area contributed by atoms with Crippen LogP contribution < -0.4 is 4.90 Å². The maximum atomic E-state index is 12.6. The number of benzene rings is 1. The van der Waals surface area contributed by atoms with Crippen molar-refractivity contribution in [3.63, 3.8) is 0 Å². The molecule has 1 aliphatic heterocycles. The fraction of sp³-hybridized carbons (Fsp3) is 0.300. The van der Waals surface area contributed by atoms with Crippen molar-refractivity contribution in [2.75, 3.05) is 31.1 Å². The minimum atomic E-state index is 0.108. The van der Waals surface area contributed by atoms with E-state index in [2.05, 4.69) is 28.9 Å². The molecule has 0 aliphatic carbocycles. The van der Waals surface area contributed by atoms with Gasteiger partial charge in [0.15, 0.2) is 0 Å². The molecule has 2 aromatic rings. The smallest absolute Gasteiger partial charge is 0.246 e. The molecule has 0 unspecified atom stereocenters. The van der Waals surface area contributed by atoms with Crippen LogP contribution in [-0.2, 0) is 4.79 Å². The molecule has 3 rings (SSSR count). The minimum Gasteiger partial charge on any atom is -0.353 e. The van der Waals surface area contributed by atoms with Gasteiger partial charge in [-0.3, -0.25) is 4.79 Å². The van der Waals surface area contributed by atoms with Crippen LogP contribution >= 0.6 is 0 Å². The summed E-state index contributed by atoms with van der Waals surface area (Å²) >= 11 is 0. The van der Waals surface area contributed by atoms with Gasteiger partial charge in [-0.2, -0.15) is 0 Å². The number of hydrogen-bond donors (Lipinski definition) is 0. The molecule has 0 N–H and O–H groups in total. The van der Waals surface area contributed by atoms with E-state index in [1.807, 2.05) is 47.5 Å². The third-order valence-electron chi connectivity index (χ3n) is 4.39. The zero-order valence-corrected chi connectivity index (χ0v) is 14.1. The lowest BCUT2D eigenvalue weighted by molar-refractivity contribution is -0.126. The molecule has 1 aliphatic rings. The minimum absolute atomic E-state index is 0.108. The van der Waals surface area contributed by atoms with Gasteiger partial charge in [0.05, 0.1) is 0 Å². The largest absolute Gasteiger partial charge is 0.353 e. The van der Waals surface area contributed by atoms with E-state index in [1.165, 1.54) is 0 Å². The number of pyridine rings is 1. The zero-order chi connectivity index (χ0) is 16.8. The van der Waals surface area contributed by atoms with Gasteiger partial charge in [-0.15, -0.1) is 0 Å². The molecule has 0 atom stereocenters. The summed E-state index contributed by atoms with van der Waals surface area (Å²) in [6, 6.07) is 16.1. The van der Waals surface area contributed by atoms with Crippen LogP contribution in [0.4, 0.5) is 5.82 Å². The van der Waals surface area contributed by atoms with Crippen LogP contribution in [0, 0.1) is 0 Å². The number of carbonyl (C=O) groups excluding carboxylic acids is 1. The molecule has 0 radical (unpaired) electrons. The average Bonchev–Trinajstić information content (AvgIpc) is 2.67. The molecule has 1 amide bonds. The molecule has 1 saturated heterocycles. The lowest BCUT2D eigenvalue weighted by Gasteiger charge is -2.35. The van der Waals surface area contributed by atoms with E-state index < -0.39 is 0 Å². The summed E-state index contributed by atoms with van der Waals surface area (Å²) in [5, 5.41) is 0. The molecule has 0 bridgehead atoms.